The van der Waals surface area contributed by atoms with Crippen LogP contribution in [0.5, 0.6) is 0 Å². The number of aliphatic hydroxyl groups excluding tert-OH is 1. The van der Waals surface area contributed by atoms with E-state index in [4.69, 9.17) is 0 Å². The highest BCUT2D eigenvalue weighted by Gasteiger charge is 2.76. The molecule has 4 rings (SSSR count). The Hall–Kier alpha value is -1.73. The van der Waals surface area contributed by atoms with Crippen molar-refractivity contribution in [3.8, 4) is 0 Å². The average molecular weight is 408 g/mol. The van der Waals surface area contributed by atoms with E-state index in [1.165, 1.54) is 19.1 Å². The normalized spacial score (nSPS) is 51.2. The molecule has 0 amide bonds. The number of allylic oxidation sites excluding steroid dienone is 4. The van der Waals surface area contributed by atoms with Crippen molar-refractivity contribution in [1.29, 1.82) is 0 Å². The molecule has 0 unspecified atom stereocenters. The Morgan fingerprint density at radius 3 is 2.52 bits per heavy atom. The summed E-state index contributed by atoms with van der Waals surface area (Å²) in [6.45, 7) is 3.78. The molecule has 2 N–H and O–H groups in total. The van der Waals surface area contributed by atoms with Gasteiger partial charge < -0.3 is 10.2 Å². The number of Topliss-reactive ketones (excluding diaryl/α,β-unsaturated/α-hetero) is 2. The number of fused-ring (bicyclic) bond motifs is 5. The summed E-state index contributed by atoms with van der Waals surface area (Å²) < 4.78 is 32.0. The van der Waals surface area contributed by atoms with Crippen LogP contribution >= 0.6 is 0 Å². The molecule has 3 fully saturated rings. The number of halogens is 2. The van der Waals surface area contributed by atoms with Crippen molar-refractivity contribution in [2.24, 2.45) is 28.6 Å². The zero-order chi connectivity index (χ0) is 21.6. The molecule has 0 aromatic rings. The Bertz CT molecular complexity index is 880. The van der Waals surface area contributed by atoms with Crippen LogP contribution in [-0.4, -0.2) is 51.6 Å². The van der Waals surface area contributed by atoms with Crippen molar-refractivity contribution in [2.75, 3.05) is 6.61 Å². The molecule has 29 heavy (non-hydrogen) atoms. The molecule has 8 atom stereocenters. The fourth-order valence-electron chi connectivity index (χ4n) is 6.99. The molecule has 0 bridgehead atoms. The second kappa shape index (κ2) is 5.91. The number of hydrogen-bond donors (Lipinski definition) is 2. The third kappa shape index (κ3) is 2.13. The molecule has 158 valence electrons. The van der Waals surface area contributed by atoms with Crippen LogP contribution in [0.1, 0.15) is 40.0 Å². The molecular formula is C22H26F2O5. The SMILES string of the molecule is C[C@H]1C[C@H]2[C@@H]3C[C@H](F)C4=CC(=O)C=C[C@]4(C)[C@@]3(F)C(=O)C[C@]2(C)[C@@]1(O)C(=O)CO. The summed E-state index contributed by atoms with van der Waals surface area (Å²) in [5.41, 5.74) is -7.32. The topological polar surface area (TPSA) is 91.7 Å². The minimum Gasteiger partial charge on any atom is -0.388 e. The summed E-state index contributed by atoms with van der Waals surface area (Å²) in [4.78, 5) is 37.6. The van der Waals surface area contributed by atoms with Gasteiger partial charge in [0.05, 0.1) is 5.41 Å². The quantitative estimate of drug-likeness (QED) is 0.730. The van der Waals surface area contributed by atoms with Crippen molar-refractivity contribution in [2.45, 2.75) is 57.5 Å². The van der Waals surface area contributed by atoms with Gasteiger partial charge in [-0.25, -0.2) is 8.78 Å². The average Bonchev–Trinajstić information content (AvgIpc) is 2.86. The van der Waals surface area contributed by atoms with Crippen molar-refractivity contribution < 1.29 is 33.4 Å². The molecule has 4 aliphatic carbocycles. The molecule has 7 heteroatoms. The summed E-state index contributed by atoms with van der Waals surface area (Å²) in [5.74, 6) is -4.31. The molecule has 5 nitrogen and oxygen atoms in total. The van der Waals surface area contributed by atoms with Gasteiger partial charge in [-0.15, -0.1) is 0 Å². The van der Waals surface area contributed by atoms with Crippen molar-refractivity contribution in [3.05, 3.63) is 23.8 Å². The summed E-state index contributed by atoms with van der Waals surface area (Å²) in [6.07, 6.45) is 1.52. The number of alkyl halides is 2. The van der Waals surface area contributed by atoms with Gasteiger partial charge in [-0.05, 0) is 49.3 Å². The monoisotopic (exact) mass is 408 g/mol. The van der Waals surface area contributed by atoms with Gasteiger partial charge in [-0.2, -0.15) is 0 Å². The lowest BCUT2D eigenvalue weighted by atomic mass is 9.45. The van der Waals surface area contributed by atoms with Gasteiger partial charge in [-0.3, -0.25) is 14.4 Å². The zero-order valence-corrected chi connectivity index (χ0v) is 16.7. The van der Waals surface area contributed by atoms with Gasteiger partial charge in [0.15, 0.2) is 23.0 Å². The summed E-state index contributed by atoms with van der Waals surface area (Å²) >= 11 is 0. The largest absolute Gasteiger partial charge is 0.388 e. The van der Waals surface area contributed by atoms with E-state index in [-0.39, 0.29) is 18.4 Å². The lowest BCUT2D eigenvalue weighted by molar-refractivity contribution is -0.189. The fraction of sp³-hybridized carbons (Fsp3) is 0.682. The highest BCUT2D eigenvalue weighted by molar-refractivity contribution is 6.03. The molecule has 0 aliphatic heterocycles. The van der Waals surface area contributed by atoms with Crippen LogP contribution in [0.15, 0.2) is 23.8 Å². The minimum atomic E-state index is -2.43. The van der Waals surface area contributed by atoms with E-state index in [0.717, 1.165) is 6.08 Å². The first-order chi connectivity index (χ1) is 13.4. The molecular weight excluding hydrogens is 382 g/mol. The van der Waals surface area contributed by atoms with Crippen molar-refractivity contribution in [1.82, 2.24) is 0 Å². The minimum absolute atomic E-state index is 0.0200. The maximum Gasteiger partial charge on any atom is 0.190 e. The van der Waals surface area contributed by atoms with Crippen LogP contribution < -0.4 is 0 Å². The number of carbonyl (C=O) groups is 3. The Kier molecular flexibility index (Phi) is 4.19. The molecule has 0 heterocycles. The zero-order valence-electron chi connectivity index (χ0n) is 16.7. The van der Waals surface area contributed by atoms with Crippen molar-refractivity contribution in [3.63, 3.8) is 0 Å². The lowest BCUT2D eigenvalue weighted by Gasteiger charge is -2.60. The predicted octanol–water partition coefficient (Wildman–Crippen LogP) is 2.05. The van der Waals surface area contributed by atoms with Crippen LogP contribution in [0.25, 0.3) is 0 Å². The van der Waals surface area contributed by atoms with Crippen LogP contribution in [0.3, 0.4) is 0 Å². The van der Waals surface area contributed by atoms with E-state index < -0.39 is 76.4 Å². The number of ketones is 3. The number of carbonyl (C=O) groups excluding carboxylic acids is 3. The summed E-state index contributed by atoms with van der Waals surface area (Å²) in [7, 11) is 0. The maximum absolute atomic E-state index is 16.8. The van der Waals surface area contributed by atoms with E-state index in [0.29, 0.717) is 0 Å². The second-order valence-corrected chi connectivity index (χ2v) is 9.67. The molecule has 0 aromatic heterocycles. The van der Waals surface area contributed by atoms with E-state index in [2.05, 4.69) is 0 Å². The Balaban J connectivity index is 1.88. The van der Waals surface area contributed by atoms with Gasteiger partial charge in [0.2, 0.25) is 0 Å². The van der Waals surface area contributed by atoms with Gasteiger partial charge in [0, 0.05) is 17.8 Å². The highest BCUT2D eigenvalue weighted by atomic mass is 19.1. The van der Waals surface area contributed by atoms with E-state index in [1.807, 2.05) is 0 Å². The maximum atomic E-state index is 16.8. The van der Waals surface area contributed by atoms with E-state index in [1.54, 1.807) is 13.8 Å². The molecule has 0 saturated heterocycles. The first-order valence-corrected chi connectivity index (χ1v) is 10.1. The molecule has 4 aliphatic rings. The van der Waals surface area contributed by atoms with Gasteiger partial charge >= 0.3 is 0 Å². The van der Waals surface area contributed by atoms with Gasteiger partial charge in [0.1, 0.15) is 18.4 Å². The fourth-order valence-corrected chi connectivity index (χ4v) is 6.99. The van der Waals surface area contributed by atoms with Crippen molar-refractivity contribution >= 4 is 17.3 Å². The molecule has 0 aromatic carbocycles. The van der Waals surface area contributed by atoms with Gasteiger partial charge in [-0.1, -0.05) is 19.9 Å². The molecule has 0 radical (unpaired) electrons. The van der Waals surface area contributed by atoms with Gasteiger partial charge in [0.25, 0.3) is 0 Å². The number of hydrogen-bond acceptors (Lipinski definition) is 5. The predicted molar refractivity (Wildman–Crippen MR) is 99.2 cm³/mol. The third-order valence-electron chi connectivity index (χ3n) is 8.54. The summed E-state index contributed by atoms with van der Waals surface area (Å²) in [5, 5.41) is 20.7. The summed E-state index contributed by atoms with van der Waals surface area (Å²) in [6, 6.07) is 0. The van der Waals surface area contributed by atoms with Crippen LogP contribution in [0, 0.1) is 28.6 Å². The first kappa shape index (κ1) is 20.5. The Labute approximate surface area is 167 Å². The van der Waals surface area contributed by atoms with Crippen LogP contribution in [-0.2, 0) is 14.4 Å². The lowest BCUT2D eigenvalue weighted by Crippen LogP contribution is -2.69. The van der Waals surface area contributed by atoms with Crippen LogP contribution in [0.4, 0.5) is 8.78 Å². The Morgan fingerprint density at radius 2 is 1.90 bits per heavy atom. The Morgan fingerprint density at radius 1 is 1.24 bits per heavy atom. The van der Waals surface area contributed by atoms with Crippen LogP contribution in [0.2, 0.25) is 0 Å². The molecule has 0 spiro atoms. The third-order valence-corrected chi connectivity index (χ3v) is 8.54. The molecule has 3 saturated carbocycles. The second-order valence-electron chi connectivity index (χ2n) is 9.67. The smallest absolute Gasteiger partial charge is 0.190 e. The number of rotatable bonds is 2. The van der Waals surface area contributed by atoms with E-state index in [9.17, 15) is 24.6 Å². The van der Waals surface area contributed by atoms with E-state index >= 15 is 8.78 Å². The standard InChI is InChI=1S/C22H26F2O5/c1-11-6-13-14-8-16(23)15-7-12(26)4-5-19(15,2)21(14,24)17(27)9-20(13,3)22(11,29)18(28)10-25/h4-5,7,11,13-14,16,25,29H,6,8-10H2,1-3H3/t11-,13-,14-,16-,19-,20-,21-,22-/m0/s1. The first-order valence-electron chi connectivity index (χ1n) is 10.1. The highest BCUT2D eigenvalue weighted by Crippen LogP contribution is 2.69. The number of aliphatic hydroxyl groups is 2.